The molecule has 0 fully saturated rings. The van der Waals surface area contributed by atoms with E-state index in [1.165, 1.54) is 11.3 Å². The van der Waals surface area contributed by atoms with Gasteiger partial charge in [0.2, 0.25) is 0 Å². The molecule has 0 atom stereocenters. The Balaban J connectivity index is 2.03. The molecule has 2 N–H and O–H groups in total. The second-order valence-corrected chi connectivity index (χ2v) is 6.51. The first-order valence-electron chi connectivity index (χ1n) is 5.63. The van der Waals surface area contributed by atoms with Crippen molar-refractivity contribution < 1.29 is 9.90 Å². The van der Waals surface area contributed by atoms with E-state index in [2.05, 4.69) is 5.32 Å². The number of hydrogen-bond acceptors (Lipinski definition) is 3. The van der Waals surface area contributed by atoms with Crippen LogP contribution in [0.25, 0.3) is 0 Å². The third-order valence-corrected chi connectivity index (χ3v) is 4.63. The van der Waals surface area contributed by atoms with E-state index in [1.54, 1.807) is 12.1 Å². The molecule has 2 rings (SSSR count). The van der Waals surface area contributed by atoms with Gasteiger partial charge < -0.3 is 10.4 Å². The van der Waals surface area contributed by atoms with Crippen molar-refractivity contribution in [1.29, 1.82) is 0 Å². The quantitative estimate of drug-likeness (QED) is 0.750. The highest BCUT2D eigenvalue weighted by Crippen LogP contribution is 2.32. The lowest BCUT2D eigenvalue weighted by Crippen LogP contribution is -1.98. The molecule has 0 aliphatic heterocycles. The predicted octanol–water partition coefficient (Wildman–Crippen LogP) is 4.95. The average molecular weight is 351 g/mol. The van der Waals surface area contributed by atoms with Gasteiger partial charge in [0.05, 0.1) is 27.2 Å². The summed E-state index contributed by atoms with van der Waals surface area (Å²) in [7, 11) is 0. The normalized spacial score (nSPS) is 10.6. The van der Waals surface area contributed by atoms with Crippen LogP contribution in [-0.2, 0) is 17.8 Å². The number of anilines is 1. The zero-order valence-electron chi connectivity index (χ0n) is 10.1. The fourth-order valence-electron chi connectivity index (χ4n) is 1.60. The van der Waals surface area contributed by atoms with Crippen LogP contribution in [0.4, 0.5) is 5.69 Å². The zero-order chi connectivity index (χ0) is 14.7. The molecule has 3 nitrogen and oxygen atoms in total. The molecule has 106 valence electrons. The van der Waals surface area contributed by atoms with Gasteiger partial charge >= 0.3 is 5.97 Å². The summed E-state index contributed by atoms with van der Waals surface area (Å²) in [6, 6.07) is 6.95. The number of carboxylic acid groups (broad SMARTS) is 1. The van der Waals surface area contributed by atoms with Crippen molar-refractivity contribution in [2.24, 2.45) is 0 Å². The van der Waals surface area contributed by atoms with Gasteiger partial charge in [-0.25, -0.2) is 0 Å². The number of carboxylic acids is 1. The van der Waals surface area contributed by atoms with Crippen LogP contribution in [0.2, 0.25) is 15.1 Å². The first-order chi connectivity index (χ1) is 9.45. The van der Waals surface area contributed by atoms with E-state index in [0.717, 1.165) is 9.75 Å². The van der Waals surface area contributed by atoms with E-state index in [-0.39, 0.29) is 6.42 Å². The molecule has 0 unspecified atom stereocenters. The van der Waals surface area contributed by atoms with Crippen molar-refractivity contribution in [3.05, 3.63) is 49.1 Å². The molecule has 20 heavy (non-hydrogen) atoms. The molecule has 1 aromatic carbocycles. The van der Waals surface area contributed by atoms with Gasteiger partial charge in [-0.1, -0.05) is 34.8 Å². The SMILES string of the molecule is O=C(O)Cc1ccc(CNc2cc(Cl)c(Cl)cc2Cl)s1. The zero-order valence-corrected chi connectivity index (χ0v) is 13.2. The summed E-state index contributed by atoms with van der Waals surface area (Å²) < 4.78 is 0. The minimum atomic E-state index is -0.834. The maximum atomic E-state index is 10.6. The Morgan fingerprint density at radius 1 is 1.10 bits per heavy atom. The third-order valence-electron chi connectivity index (χ3n) is 2.51. The van der Waals surface area contributed by atoms with Crippen LogP contribution in [0.3, 0.4) is 0 Å². The Morgan fingerprint density at radius 3 is 2.45 bits per heavy atom. The number of halogens is 3. The summed E-state index contributed by atoms with van der Waals surface area (Å²) >= 11 is 19.3. The Bertz CT molecular complexity index is 643. The van der Waals surface area contributed by atoms with Gasteiger partial charge in [-0.3, -0.25) is 4.79 Å². The topological polar surface area (TPSA) is 49.3 Å². The highest BCUT2D eigenvalue weighted by Gasteiger charge is 2.08. The molecule has 2 aromatic rings. The average Bonchev–Trinajstić information content (AvgIpc) is 2.79. The Hall–Kier alpha value is -0.940. The fourth-order valence-corrected chi connectivity index (χ4v) is 3.16. The van der Waals surface area contributed by atoms with Crippen molar-refractivity contribution in [1.82, 2.24) is 0 Å². The Morgan fingerprint density at radius 2 is 1.75 bits per heavy atom. The van der Waals surface area contributed by atoms with Crippen LogP contribution in [0.15, 0.2) is 24.3 Å². The second kappa shape index (κ2) is 6.68. The van der Waals surface area contributed by atoms with Crippen LogP contribution in [0.1, 0.15) is 9.75 Å². The van der Waals surface area contributed by atoms with E-state index in [0.29, 0.717) is 27.3 Å². The summed E-state index contributed by atoms with van der Waals surface area (Å²) in [5, 5.41) is 13.2. The largest absolute Gasteiger partial charge is 0.481 e. The Kier molecular flexibility index (Phi) is 5.16. The van der Waals surface area contributed by atoms with Crippen LogP contribution in [-0.4, -0.2) is 11.1 Å². The molecule has 0 saturated carbocycles. The van der Waals surface area contributed by atoms with Gasteiger partial charge in [0.25, 0.3) is 0 Å². The van der Waals surface area contributed by atoms with Crippen LogP contribution < -0.4 is 5.32 Å². The van der Waals surface area contributed by atoms with Gasteiger partial charge in [0, 0.05) is 16.3 Å². The molecule has 0 aliphatic rings. The van der Waals surface area contributed by atoms with E-state index >= 15 is 0 Å². The van der Waals surface area contributed by atoms with Crippen molar-refractivity contribution in [3.63, 3.8) is 0 Å². The maximum Gasteiger partial charge on any atom is 0.308 e. The van der Waals surface area contributed by atoms with Gasteiger partial charge in [-0.2, -0.15) is 0 Å². The standard InChI is InChI=1S/C13H10Cl3NO2S/c14-9-4-11(16)12(5-10(9)15)17-6-8-2-1-7(20-8)3-13(18)19/h1-2,4-5,17H,3,6H2,(H,18,19). The summed E-state index contributed by atoms with van der Waals surface area (Å²) in [6.07, 6.45) is 0.0399. The number of rotatable bonds is 5. The van der Waals surface area contributed by atoms with E-state index in [9.17, 15) is 4.79 Å². The summed E-state index contributed by atoms with van der Waals surface area (Å²) in [6.45, 7) is 0.544. The third kappa shape index (κ3) is 4.03. The smallest absolute Gasteiger partial charge is 0.308 e. The van der Waals surface area contributed by atoms with Crippen molar-refractivity contribution in [3.8, 4) is 0 Å². The molecule has 1 aromatic heterocycles. The molecule has 0 bridgehead atoms. The minimum absolute atomic E-state index is 0.0399. The molecule has 0 saturated heterocycles. The second-order valence-electron chi connectivity index (χ2n) is 4.04. The minimum Gasteiger partial charge on any atom is -0.481 e. The molecule has 1 heterocycles. The van der Waals surface area contributed by atoms with Crippen molar-refractivity contribution in [2.45, 2.75) is 13.0 Å². The number of hydrogen-bond donors (Lipinski definition) is 2. The predicted molar refractivity (Wildman–Crippen MR) is 84.5 cm³/mol. The summed E-state index contributed by atoms with van der Waals surface area (Å²) in [5.41, 5.74) is 0.689. The highest BCUT2D eigenvalue weighted by atomic mass is 35.5. The summed E-state index contributed by atoms with van der Waals surface area (Å²) in [4.78, 5) is 12.4. The van der Waals surface area contributed by atoms with Gasteiger partial charge in [0.1, 0.15) is 0 Å². The van der Waals surface area contributed by atoms with Gasteiger partial charge in [-0.05, 0) is 24.3 Å². The molecular weight excluding hydrogens is 341 g/mol. The maximum absolute atomic E-state index is 10.6. The van der Waals surface area contributed by atoms with E-state index in [1.807, 2.05) is 12.1 Å². The van der Waals surface area contributed by atoms with Crippen molar-refractivity contribution in [2.75, 3.05) is 5.32 Å². The molecule has 0 amide bonds. The molecular formula is C13H10Cl3NO2S. The number of nitrogens with one attached hydrogen (secondary N) is 1. The van der Waals surface area contributed by atoms with E-state index < -0.39 is 5.97 Å². The first-order valence-corrected chi connectivity index (χ1v) is 7.58. The lowest BCUT2D eigenvalue weighted by atomic mass is 10.3. The van der Waals surface area contributed by atoms with Gasteiger partial charge in [-0.15, -0.1) is 11.3 Å². The first kappa shape index (κ1) is 15.4. The molecule has 7 heteroatoms. The molecule has 0 spiro atoms. The lowest BCUT2D eigenvalue weighted by molar-refractivity contribution is -0.136. The number of aliphatic carboxylic acids is 1. The van der Waals surface area contributed by atoms with Gasteiger partial charge in [0.15, 0.2) is 0 Å². The number of benzene rings is 1. The van der Waals surface area contributed by atoms with Crippen LogP contribution >= 0.6 is 46.1 Å². The van der Waals surface area contributed by atoms with Crippen molar-refractivity contribution >= 4 is 57.8 Å². The Labute approximate surface area is 135 Å². The summed E-state index contributed by atoms with van der Waals surface area (Å²) in [5.74, 6) is -0.834. The van der Waals surface area contributed by atoms with Crippen LogP contribution in [0, 0.1) is 0 Å². The van der Waals surface area contributed by atoms with E-state index in [4.69, 9.17) is 39.9 Å². The molecule has 0 radical (unpaired) electrons. The molecule has 0 aliphatic carbocycles. The van der Waals surface area contributed by atoms with Crippen LogP contribution in [0.5, 0.6) is 0 Å². The lowest BCUT2D eigenvalue weighted by Gasteiger charge is -2.08. The number of thiophene rings is 1. The highest BCUT2D eigenvalue weighted by molar-refractivity contribution is 7.12. The fraction of sp³-hybridized carbons (Fsp3) is 0.154. The number of carbonyl (C=O) groups is 1. The monoisotopic (exact) mass is 349 g/mol.